The number of aromatic nitrogens is 4. The molecule has 1 heterocycles. The van der Waals surface area contributed by atoms with Crippen molar-refractivity contribution in [2.75, 3.05) is 0 Å². The van der Waals surface area contributed by atoms with Crippen LogP contribution in [0.15, 0.2) is 54.1 Å². The molecule has 1 aliphatic rings. The Morgan fingerprint density at radius 1 is 1.10 bits per heavy atom. The molecule has 5 nitrogen and oxygen atoms in total. The maximum Gasteiger partial charge on any atom is 0.204 e. The van der Waals surface area contributed by atoms with Gasteiger partial charge >= 0.3 is 0 Å². The average molecular weight is 388 g/mol. The molecule has 150 valence electrons. The molecule has 4 rings (SSSR count). The van der Waals surface area contributed by atoms with Gasteiger partial charge in [-0.1, -0.05) is 75.2 Å². The third kappa shape index (κ3) is 4.46. The molecule has 2 aromatic carbocycles. The summed E-state index contributed by atoms with van der Waals surface area (Å²) in [5.74, 6) is 0.632. The molecule has 1 aliphatic carbocycles. The van der Waals surface area contributed by atoms with Gasteiger partial charge in [-0.2, -0.15) is 5.21 Å². The molecule has 0 saturated heterocycles. The fourth-order valence-electron chi connectivity index (χ4n) is 4.14. The lowest BCUT2D eigenvalue weighted by molar-refractivity contribution is 0.418. The van der Waals surface area contributed by atoms with E-state index >= 15 is 0 Å². The topological polar surface area (TPSA) is 66.5 Å². The molecule has 2 unspecified atom stereocenters. The van der Waals surface area contributed by atoms with E-state index in [2.05, 4.69) is 88.3 Å². The largest absolute Gasteiger partial charge is 0.304 e. The Hall–Kier alpha value is -2.79. The Labute approximate surface area is 172 Å². The van der Waals surface area contributed by atoms with Crippen molar-refractivity contribution >= 4 is 6.08 Å². The molecule has 0 bridgehead atoms. The maximum absolute atomic E-state index is 4.15. The van der Waals surface area contributed by atoms with Crippen molar-refractivity contribution in [3.8, 4) is 11.4 Å². The SMILES string of the molecule is CCCCC(CC)NC(C1=Cc2ccccc2C1)c1cccc(-c2nn[nH]n2)c1. The number of nitrogens with zero attached hydrogens (tertiary/aromatic N) is 3. The van der Waals surface area contributed by atoms with Crippen LogP contribution in [-0.4, -0.2) is 26.7 Å². The van der Waals surface area contributed by atoms with Crippen molar-refractivity contribution in [2.24, 2.45) is 0 Å². The molecule has 2 atom stereocenters. The lowest BCUT2D eigenvalue weighted by Gasteiger charge is -2.27. The molecular formula is C24H29N5. The highest BCUT2D eigenvalue weighted by Gasteiger charge is 2.24. The second kappa shape index (κ2) is 9.14. The standard InChI is InChI=1S/C24H29N5/c1-3-5-13-22(4-2)25-23(21-14-17-9-6-7-10-18(17)15-21)19-11-8-12-20(16-19)24-26-28-29-27-24/h6-12,14,16,22-23,25H,3-5,13,15H2,1-2H3,(H,26,27,28,29). The summed E-state index contributed by atoms with van der Waals surface area (Å²) in [6.45, 7) is 4.53. The number of fused-ring (bicyclic) bond motifs is 1. The van der Waals surface area contributed by atoms with E-state index in [1.54, 1.807) is 0 Å². The zero-order valence-corrected chi connectivity index (χ0v) is 17.2. The molecular weight excluding hydrogens is 358 g/mol. The molecule has 0 amide bonds. The van der Waals surface area contributed by atoms with Crippen molar-refractivity contribution in [1.82, 2.24) is 25.9 Å². The molecule has 0 aliphatic heterocycles. The summed E-state index contributed by atoms with van der Waals surface area (Å²) in [5, 5.41) is 18.5. The van der Waals surface area contributed by atoms with Gasteiger partial charge in [0, 0.05) is 11.6 Å². The predicted molar refractivity (Wildman–Crippen MR) is 117 cm³/mol. The first-order chi connectivity index (χ1) is 14.3. The minimum Gasteiger partial charge on any atom is -0.304 e. The first-order valence-electron chi connectivity index (χ1n) is 10.7. The maximum atomic E-state index is 4.15. The smallest absolute Gasteiger partial charge is 0.204 e. The van der Waals surface area contributed by atoms with Gasteiger partial charge < -0.3 is 5.32 Å². The predicted octanol–water partition coefficient (Wildman–Crippen LogP) is 5.11. The summed E-state index contributed by atoms with van der Waals surface area (Å²) in [7, 11) is 0. The van der Waals surface area contributed by atoms with Gasteiger partial charge in [0.15, 0.2) is 0 Å². The highest BCUT2D eigenvalue weighted by atomic mass is 15.5. The molecule has 0 saturated carbocycles. The number of aromatic amines is 1. The Kier molecular flexibility index (Phi) is 6.15. The van der Waals surface area contributed by atoms with Crippen LogP contribution < -0.4 is 5.32 Å². The minimum absolute atomic E-state index is 0.177. The van der Waals surface area contributed by atoms with Crippen molar-refractivity contribution in [3.05, 3.63) is 70.8 Å². The normalized spacial score (nSPS) is 15.0. The molecule has 0 spiro atoms. The summed E-state index contributed by atoms with van der Waals surface area (Å²) in [6, 6.07) is 17.9. The number of hydrogen-bond acceptors (Lipinski definition) is 4. The van der Waals surface area contributed by atoms with E-state index in [0.29, 0.717) is 11.9 Å². The van der Waals surface area contributed by atoms with Gasteiger partial charge in [0.05, 0.1) is 6.04 Å². The van der Waals surface area contributed by atoms with Crippen molar-refractivity contribution in [1.29, 1.82) is 0 Å². The van der Waals surface area contributed by atoms with Gasteiger partial charge in [0.2, 0.25) is 5.82 Å². The average Bonchev–Trinajstić information content (AvgIpc) is 3.44. The van der Waals surface area contributed by atoms with Gasteiger partial charge in [-0.3, -0.25) is 0 Å². The summed E-state index contributed by atoms with van der Waals surface area (Å²) in [5.41, 5.74) is 6.41. The van der Waals surface area contributed by atoms with Crippen LogP contribution in [-0.2, 0) is 6.42 Å². The molecule has 5 heteroatoms. The van der Waals surface area contributed by atoms with Crippen molar-refractivity contribution in [2.45, 2.75) is 58.0 Å². The van der Waals surface area contributed by atoms with Gasteiger partial charge in [-0.25, -0.2) is 0 Å². The van der Waals surface area contributed by atoms with Crippen LogP contribution in [0.4, 0.5) is 0 Å². The highest BCUT2D eigenvalue weighted by Crippen LogP contribution is 2.35. The highest BCUT2D eigenvalue weighted by molar-refractivity contribution is 5.66. The van der Waals surface area contributed by atoms with Crippen molar-refractivity contribution in [3.63, 3.8) is 0 Å². The molecule has 0 fully saturated rings. The molecule has 29 heavy (non-hydrogen) atoms. The van der Waals surface area contributed by atoms with E-state index in [-0.39, 0.29) is 6.04 Å². The number of hydrogen-bond donors (Lipinski definition) is 2. The molecule has 1 aromatic heterocycles. The fourth-order valence-corrected chi connectivity index (χ4v) is 4.14. The Bertz CT molecular complexity index is 961. The number of tetrazole rings is 1. The van der Waals surface area contributed by atoms with E-state index in [1.807, 2.05) is 6.07 Å². The third-order valence-electron chi connectivity index (χ3n) is 5.79. The lowest BCUT2D eigenvalue weighted by Crippen LogP contribution is -2.33. The number of rotatable bonds is 9. The van der Waals surface area contributed by atoms with Gasteiger partial charge in [0.25, 0.3) is 0 Å². The van der Waals surface area contributed by atoms with Crippen LogP contribution in [0.25, 0.3) is 17.5 Å². The van der Waals surface area contributed by atoms with Gasteiger partial charge in [0.1, 0.15) is 0 Å². The first kappa shape index (κ1) is 19.5. The van der Waals surface area contributed by atoms with Crippen molar-refractivity contribution < 1.29 is 0 Å². The Morgan fingerprint density at radius 3 is 2.76 bits per heavy atom. The van der Waals surface area contributed by atoms with E-state index in [9.17, 15) is 0 Å². The molecule has 2 N–H and O–H groups in total. The van der Waals surface area contributed by atoms with E-state index in [4.69, 9.17) is 0 Å². The van der Waals surface area contributed by atoms with E-state index < -0.39 is 0 Å². The Balaban J connectivity index is 1.66. The second-order valence-electron chi connectivity index (χ2n) is 7.80. The van der Waals surface area contributed by atoms with Crippen LogP contribution in [0.1, 0.15) is 62.3 Å². The van der Waals surface area contributed by atoms with Crippen LogP contribution in [0.2, 0.25) is 0 Å². The number of nitrogens with one attached hydrogen (secondary N) is 2. The zero-order chi connectivity index (χ0) is 20.1. The number of unbranched alkanes of at least 4 members (excludes halogenated alkanes) is 1. The summed E-state index contributed by atoms with van der Waals surface area (Å²) in [6.07, 6.45) is 8.16. The monoisotopic (exact) mass is 387 g/mol. The second-order valence-corrected chi connectivity index (χ2v) is 7.80. The Morgan fingerprint density at radius 2 is 2.00 bits per heavy atom. The summed E-state index contributed by atoms with van der Waals surface area (Å²) in [4.78, 5) is 0. The molecule has 3 aromatic rings. The summed E-state index contributed by atoms with van der Waals surface area (Å²) < 4.78 is 0. The number of H-pyrrole nitrogens is 1. The fraction of sp³-hybridized carbons (Fsp3) is 0.375. The zero-order valence-electron chi connectivity index (χ0n) is 17.2. The van der Waals surface area contributed by atoms with Crippen LogP contribution in [0.3, 0.4) is 0 Å². The van der Waals surface area contributed by atoms with Gasteiger partial charge in [-0.05, 0) is 52.8 Å². The van der Waals surface area contributed by atoms with Gasteiger partial charge in [-0.15, -0.1) is 10.2 Å². The van der Waals surface area contributed by atoms with E-state index in [1.165, 1.54) is 41.5 Å². The van der Waals surface area contributed by atoms with Crippen LogP contribution in [0, 0.1) is 0 Å². The first-order valence-corrected chi connectivity index (χ1v) is 10.7. The molecule has 0 radical (unpaired) electrons. The third-order valence-corrected chi connectivity index (χ3v) is 5.79. The minimum atomic E-state index is 0.177. The van der Waals surface area contributed by atoms with E-state index in [0.717, 1.165) is 18.4 Å². The lowest BCUT2D eigenvalue weighted by atomic mass is 9.93. The quantitative estimate of drug-likeness (QED) is 0.536. The van der Waals surface area contributed by atoms with Crippen LogP contribution in [0.5, 0.6) is 0 Å². The van der Waals surface area contributed by atoms with Crippen LogP contribution >= 0.6 is 0 Å². The summed E-state index contributed by atoms with van der Waals surface area (Å²) >= 11 is 0. The number of benzene rings is 2.